The Labute approximate surface area is 197 Å². The van der Waals surface area contributed by atoms with Crippen LogP contribution in [0.15, 0.2) is 33.8 Å². The zero-order chi connectivity index (χ0) is 21.4. The quantitative estimate of drug-likeness (QED) is 0.261. The summed E-state index contributed by atoms with van der Waals surface area (Å²) in [6.07, 6.45) is 1.87. The average Bonchev–Trinajstić information content (AvgIpc) is 3.05. The minimum atomic E-state index is -1.06. The van der Waals surface area contributed by atoms with E-state index in [-0.39, 0.29) is 24.0 Å². The molecule has 0 aliphatic heterocycles. The minimum absolute atomic E-state index is 0. The van der Waals surface area contributed by atoms with Crippen molar-refractivity contribution >= 4 is 35.8 Å². The van der Waals surface area contributed by atoms with Gasteiger partial charge in [-0.3, -0.25) is 0 Å². The fraction of sp³-hybridized carbons (Fsp3) is 0.545. The van der Waals surface area contributed by atoms with Crippen molar-refractivity contribution in [3.63, 3.8) is 0 Å². The van der Waals surface area contributed by atoms with Gasteiger partial charge in [-0.1, -0.05) is 6.07 Å². The molecule has 30 heavy (non-hydrogen) atoms. The van der Waals surface area contributed by atoms with Gasteiger partial charge in [-0.05, 0) is 59.2 Å². The molecule has 0 aliphatic rings. The standard InChI is InChI=1S/C22H35N5O2.HI/c1-7-23-21(26-15-22(6,28)19-12-16(4)29-17(19)5)25-14-18-10-11-20(24-13-18)27(8-2)9-3;/h10-13,28H,7-9,14-15H2,1-6H3,(H2,23,25,26);1H. The van der Waals surface area contributed by atoms with Crippen LogP contribution in [-0.4, -0.2) is 42.2 Å². The fourth-order valence-electron chi connectivity index (χ4n) is 3.27. The Balaban J connectivity index is 0.00000450. The molecule has 0 saturated carbocycles. The Kier molecular flexibility index (Phi) is 10.6. The number of rotatable bonds is 9. The molecule has 0 amide bonds. The van der Waals surface area contributed by atoms with Gasteiger partial charge in [0.15, 0.2) is 5.96 Å². The van der Waals surface area contributed by atoms with Gasteiger partial charge in [0.05, 0.1) is 13.1 Å². The number of pyridine rings is 1. The maximum Gasteiger partial charge on any atom is 0.191 e. The van der Waals surface area contributed by atoms with Crippen LogP contribution in [0.1, 0.15) is 50.3 Å². The molecular formula is C22H36IN5O2. The highest BCUT2D eigenvalue weighted by atomic mass is 127. The molecule has 2 rings (SSSR count). The van der Waals surface area contributed by atoms with Crippen LogP contribution >= 0.6 is 24.0 Å². The van der Waals surface area contributed by atoms with E-state index in [4.69, 9.17) is 4.42 Å². The fourth-order valence-corrected chi connectivity index (χ4v) is 3.27. The molecule has 0 fully saturated rings. The molecule has 1 unspecified atom stereocenters. The second-order valence-corrected chi connectivity index (χ2v) is 7.35. The number of nitrogens with zero attached hydrogens (tertiary/aromatic N) is 3. The van der Waals surface area contributed by atoms with Gasteiger partial charge in [0.25, 0.3) is 0 Å². The summed E-state index contributed by atoms with van der Waals surface area (Å²) in [5, 5.41) is 17.3. The van der Waals surface area contributed by atoms with Gasteiger partial charge in [-0.25, -0.2) is 9.98 Å². The molecular weight excluding hydrogens is 493 g/mol. The first-order valence-electron chi connectivity index (χ1n) is 10.3. The first-order valence-corrected chi connectivity index (χ1v) is 10.3. The van der Waals surface area contributed by atoms with Gasteiger partial charge in [-0.15, -0.1) is 24.0 Å². The van der Waals surface area contributed by atoms with E-state index < -0.39 is 5.60 Å². The number of anilines is 1. The van der Waals surface area contributed by atoms with Crippen molar-refractivity contribution in [2.75, 3.05) is 31.1 Å². The van der Waals surface area contributed by atoms with Crippen LogP contribution < -0.4 is 15.5 Å². The molecule has 2 aromatic heterocycles. The number of hydrogen-bond acceptors (Lipinski definition) is 5. The Morgan fingerprint density at radius 2 is 1.90 bits per heavy atom. The number of aromatic nitrogens is 1. The minimum Gasteiger partial charge on any atom is -0.466 e. The number of hydrogen-bond donors (Lipinski definition) is 3. The molecule has 0 saturated heterocycles. The van der Waals surface area contributed by atoms with Gasteiger partial charge in [-0.2, -0.15) is 0 Å². The molecule has 0 bridgehead atoms. The van der Waals surface area contributed by atoms with E-state index >= 15 is 0 Å². The predicted molar refractivity (Wildman–Crippen MR) is 134 cm³/mol. The van der Waals surface area contributed by atoms with Crippen molar-refractivity contribution in [3.8, 4) is 0 Å². The molecule has 0 aromatic carbocycles. The highest BCUT2D eigenvalue weighted by molar-refractivity contribution is 14.0. The molecule has 2 heterocycles. The molecule has 0 spiro atoms. The van der Waals surface area contributed by atoms with E-state index in [0.29, 0.717) is 19.0 Å². The first-order chi connectivity index (χ1) is 13.8. The summed E-state index contributed by atoms with van der Waals surface area (Å²) in [6.45, 7) is 15.2. The summed E-state index contributed by atoms with van der Waals surface area (Å²) in [5.74, 6) is 3.16. The Hall–Kier alpha value is -1.81. The molecule has 7 nitrogen and oxygen atoms in total. The van der Waals surface area contributed by atoms with Crippen molar-refractivity contribution in [1.29, 1.82) is 0 Å². The van der Waals surface area contributed by atoms with E-state index in [0.717, 1.165) is 48.1 Å². The Morgan fingerprint density at radius 1 is 1.20 bits per heavy atom. The summed E-state index contributed by atoms with van der Waals surface area (Å²) >= 11 is 0. The van der Waals surface area contributed by atoms with Gasteiger partial charge in [0, 0.05) is 31.4 Å². The smallest absolute Gasteiger partial charge is 0.191 e. The predicted octanol–water partition coefficient (Wildman–Crippen LogP) is 3.72. The second-order valence-electron chi connectivity index (χ2n) is 7.35. The van der Waals surface area contributed by atoms with E-state index in [1.54, 1.807) is 6.92 Å². The number of halogens is 1. The summed E-state index contributed by atoms with van der Waals surface area (Å²) < 4.78 is 5.56. The maximum absolute atomic E-state index is 10.9. The van der Waals surface area contributed by atoms with E-state index in [1.165, 1.54) is 0 Å². The van der Waals surface area contributed by atoms with Gasteiger partial charge in [0.2, 0.25) is 0 Å². The number of furan rings is 1. The van der Waals surface area contributed by atoms with Crippen LogP contribution in [0.4, 0.5) is 5.82 Å². The summed E-state index contributed by atoms with van der Waals surface area (Å²) in [4.78, 5) is 11.4. The van der Waals surface area contributed by atoms with Crippen molar-refractivity contribution in [2.24, 2.45) is 4.99 Å². The number of aryl methyl sites for hydroxylation is 2. The van der Waals surface area contributed by atoms with Crippen LogP contribution in [0.3, 0.4) is 0 Å². The lowest BCUT2D eigenvalue weighted by atomic mass is 9.96. The van der Waals surface area contributed by atoms with E-state index in [9.17, 15) is 5.11 Å². The molecule has 2 aromatic rings. The lowest BCUT2D eigenvalue weighted by molar-refractivity contribution is 0.0601. The van der Waals surface area contributed by atoms with Crippen molar-refractivity contribution in [3.05, 3.63) is 47.0 Å². The normalized spacial score (nSPS) is 13.4. The third-order valence-corrected chi connectivity index (χ3v) is 4.88. The zero-order valence-corrected chi connectivity index (χ0v) is 21.3. The highest BCUT2D eigenvalue weighted by Gasteiger charge is 2.27. The van der Waals surface area contributed by atoms with E-state index in [2.05, 4.69) is 45.4 Å². The van der Waals surface area contributed by atoms with Crippen molar-refractivity contribution < 1.29 is 9.52 Å². The van der Waals surface area contributed by atoms with Crippen LogP contribution in [-0.2, 0) is 12.1 Å². The third kappa shape index (κ3) is 7.16. The zero-order valence-electron chi connectivity index (χ0n) is 19.0. The third-order valence-electron chi connectivity index (χ3n) is 4.88. The topological polar surface area (TPSA) is 85.9 Å². The number of guanidine groups is 1. The monoisotopic (exact) mass is 529 g/mol. The first kappa shape index (κ1) is 26.2. The molecule has 8 heteroatoms. The van der Waals surface area contributed by atoms with Gasteiger partial charge >= 0.3 is 0 Å². The van der Waals surface area contributed by atoms with Crippen molar-refractivity contribution in [1.82, 2.24) is 15.6 Å². The van der Waals surface area contributed by atoms with Crippen LogP contribution in [0.25, 0.3) is 0 Å². The Bertz CT molecular complexity index is 798. The summed E-state index contributed by atoms with van der Waals surface area (Å²) in [5.41, 5.74) is 0.756. The number of aliphatic hydroxyl groups is 1. The lowest BCUT2D eigenvalue weighted by Gasteiger charge is -2.24. The highest BCUT2D eigenvalue weighted by Crippen LogP contribution is 2.26. The van der Waals surface area contributed by atoms with Gasteiger partial charge < -0.3 is 25.1 Å². The Morgan fingerprint density at radius 3 is 2.40 bits per heavy atom. The molecule has 1 atom stereocenters. The van der Waals surface area contributed by atoms with Crippen LogP contribution in [0.2, 0.25) is 0 Å². The van der Waals surface area contributed by atoms with Crippen LogP contribution in [0.5, 0.6) is 0 Å². The molecule has 3 N–H and O–H groups in total. The molecule has 0 aliphatic carbocycles. The van der Waals surface area contributed by atoms with Gasteiger partial charge in [0.1, 0.15) is 22.9 Å². The average molecular weight is 529 g/mol. The summed E-state index contributed by atoms with van der Waals surface area (Å²) in [6, 6.07) is 5.97. The number of aliphatic imine (C=N–C) groups is 1. The van der Waals surface area contributed by atoms with Crippen LogP contribution in [0, 0.1) is 13.8 Å². The largest absolute Gasteiger partial charge is 0.466 e. The van der Waals surface area contributed by atoms with E-state index in [1.807, 2.05) is 39.1 Å². The summed E-state index contributed by atoms with van der Waals surface area (Å²) in [7, 11) is 0. The second kappa shape index (κ2) is 12.1. The SMILES string of the molecule is CCNC(=NCc1ccc(N(CC)CC)nc1)NCC(C)(O)c1cc(C)oc1C.I. The molecule has 168 valence electrons. The lowest BCUT2D eigenvalue weighted by Crippen LogP contribution is -2.44. The maximum atomic E-state index is 10.9. The number of nitrogens with one attached hydrogen (secondary N) is 2. The van der Waals surface area contributed by atoms with Crippen molar-refractivity contribution in [2.45, 2.75) is 53.7 Å². The molecule has 0 radical (unpaired) electrons.